The number of carbonyl (C=O) groups excluding carboxylic acids is 1. The van der Waals surface area contributed by atoms with E-state index in [2.05, 4.69) is 33.2 Å². The minimum absolute atomic E-state index is 0.0565. The first-order valence-corrected chi connectivity index (χ1v) is 11.1. The number of hydrogen-bond acceptors (Lipinski definition) is 3. The molecule has 0 fully saturated rings. The van der Waals surface area contributed by atoms with E-state index in [1.165, 1.54) is 0 Å². The van der Waals surface area contributed by atoms with Crippen molar-refractivity contribution in [2.75, 3.05) is 13.7 Å². The molecule has 0 saturated carbocycles. The van der Waals surface area contributed by atoms with E-state index in [0.29, 0.717) is 6.61 Å². The lowest BCUT2D eigenvalue weighted by molar-refractivity contribution is -0.121. The number of amides is 1. The largest absolute Gasteiger partial charge is 0.383 e. The highest BCUT2D eigenvalue weighted by atomic mass is 16.5. The summed E-state index contributed by atoms with van der Waals surface area (Å²) in [5.74, 6) is 0.664. The van der Waals surface area contributed by atoms with Crippen LogP contribution in [-0.4, -0.2) is 34.2 Å². The smallest absolute Gasteiger partial charge is 0.225 e. The number of hydrogen-bond donors (Lipinski definition) is 2. The van der Waals surface area contributed by atoms with Crippen molar-refractivity contribution in [1.29, 1.82) is 0 Å². The third-order valence-corrected chi connectivity index (χ3v) is 5.88. The van der Waals surface area contributed by atoms with Crippen molar-refractivity contribution in [2.24, 2.45) is 0 Å². The van der Waals surface area contributed by atoms with E-state index in [1.54, 1.807) is 7.11 Å². The Kier molecular flexibility index (Phi) is 5.91. The van der Waals surface area contributed by atoms with Gasteiger partial charge in [0, 0.05) is 30.8 Å². The van der Waals surface area contributed by atoms with Crippen molar-refractivity contribution < 1.29 is 9.53 Å². The Labute approximate surface area is 192 Å². The number of nitrogens with one attached hydrogen (secondary N) is 2. The molecule has 0 saturated heterocycles. The van der Waals surface area contributed by atoms with Gasteiger partial charge in [-0.25, -0.2) is 4.98 Å². The van der Waals surface area contributed by atoms with Crippen LogP contribution in [0.25, 0.3) is 21.9 Å². The minimum atomic E-state index is -0.368. The molecule has 5 aromatic rings. The third kappa shape index (κ3) is 4.38. The molecule has 33 heavy (non-hydrogen) atoms. The van der Waals surface area contributed by atoms with Crippen LogP contribution in [0.4, 0.5) is 0 Å². The molecule has 3 aromatic carbocycles. The molecule has 1 atom stereocenters. The van der Waals surface area contributed by atoms with Crippen molar-refractivity contribution in [3.05, 3.63) is 102 Å². The zero-order valence-electron chi connectivity index (χ0n) is 18.5. The maximum Gasteiger partial charge on any atom is 0.225 e. The molecule has 0 aliphatic carbocycles. The fourth-order valence-corrected chi connectivity index (χ4v) is 4.29. The number of rotatable bonds is 8. The number of para-hydroxylation sites is 3. The van der Waals surface area contributed by atoms with Gasteiger partial charge < -0.3 is 19.6 Å². The lowest BCUT2D eigenvalue weighted by atomic mass is 10.1. The summed E-state index contributed by atoms with van der Waals surface area (Å²) < 4.78 is 7.40. The van der Waals surface area contributed by atoms with Gasteiger partial charge in [-0.05, 0) is 29.3 Å². The highest BCUT2D eigenvalue weighted by molar-refractivity contribution is 5.89. The van der Waals surface area contributed by atoms with Crippen LogP contribution in [0, 0.1) is 0 Å². The van der Waals surface area contributed by atoms with Crippen LogP contribution in [0.1, 0.15) is 23.0 Å². The number of imidazole rings is 1. The number of nitrogens with zero attached hydrogens (tertiary/aromatic N) is 2. The summed E-state index contributed by atoms with van der Waals surface area (Å²) in [4.78, 5) is 21.4. The predicted molar refractivity (Wildman–Crippen MR) is 130 cm³/mol. The van der Waals surface area contributed by atoms with Crippen LogP contribution in [0.5, 0.6) is 0 Å². The summed E-state index contributed by atoms with van der Waals surface area (Å²) >= 11 is 0. The number of methoxy groups -OCH3 is 1. The summed E-state index contributed by atoms with van der Waals surface area (Å²) in [5.41, 5.74) is 4.91. The van der Waals surface area contributed by atoms with Gasteiger partial charge >= 0.3 is 0 Å². The molecule has 6 nitrogen and oxygen atoms in total. The lowest BCUT2D eigenvalue weighted by Crippen LogP contribution is -2.31. The Hall–Kier alpha value is -3.90. The van der Waals surface area contributed by atoms with Crippen LogP contribution in [0.2, 0.25) is 0 Å². The molecule has 0 aliphatic heterocycles. The van der Waals surface area contributed by atoms with E-state index >= 15 is 0 Å². The third-order valence-electron chi connectivity index (χ3n) is 5.88. The molecule has 0 spiro atoms. The van der Waals surface area contributed by atoms with E-state index in [0.717, 1.165) is 45.4 Å². The molecule has 2 aromatic heterocycles. The minimum Gasteiger partial charge on any atom is -0.383 e. The molecule has 0 bridgehead atoms. The fraction of sp³-hybridized carbons (Fsp3) is 0.185. The molecule has 0 unspecified atom stereocenters. The fourth-order valence-electron chi connectivity index (χ4n) is 4.29. The first-order valence-electron chi connectivity index (χ1n) is 11.1. The van der Waals surface area contributed by atoms with Crippen LogP contribution in [0.15, 0.2) is 85.1 Å². The van der Waals surface area contributed by atoms with Gasteiger partial charge in [0.15, 0.2) is 0 Å². The normalized spacial score (nSPS) is 12.3. The zero-order valence-corrected chi connectivity index (χ0v) is 18.5. The van der Waals surface area contributed by atoms with Crippen molar-refractivity contribution in [1.82, 2.24) is 19.9 Å². The molecule has 5 rings (SSSR count). The lowest BCUT2D eigenvalue weighted by Gasteiger charge is -2.17. The number of carbonyl (C=O) groups is 1. The van der Waals surface area contributed by atoms with Crippen LogP contribution in [0.3, 0.4) is 0 Å². The summed E-state index contributed by atoms with van der Waals surface area (Å²) in [6.45, 7) is 1.36. The average molecular weight is 439 g/mol. The highest BCUT2D eigenvalue weighted by Crippen LogP contribution is 2.25. The maximum absolute atomic E-state index is 13.3. The number of fused-ring (bicyclic) bond motifs is 2. The zero-order chi connectivity index (χ0) is 22.6. The molecule has 2 heterocycles. The van der Waals surface area contributed by atoms with Gasteiger partial charge in [0.05, 0.1) is 24.1 Å². The van der Waals surface area contributed by atoms with E-state index in [9.17, 15) is 4.79 Å². The first-order chi connectivity index (χ1) is 16.2. The second-order valence-electron chi connectivity index (χ2n) is 8.08. The van der Waals surface area contributed by atoms with Gasteiger partial charge in [-0.1, -0.05) is 60.7 Å². The van der Waals surface area contributed by atoms with Crippen molar-refractivity contribution in [3.8, 4) is 0 Å². The van der Waals surface area contributed by atoms with Gasteiger partial charge in [-0.3, -0.25) is 4.79 Å². The highest BCUT2D eigenvalue weighted by Gasteiger charge is 2.21. The molecule has 2 N–H and O–H groups in total. The number of aromatic amines is 1. The Morgan fingerprint density at radius 2 is 1.79 bits per heavy atom. The van der Waals surface area contributed by atoms with Crippen molar-refractivity contribution >= 4 is 27.8 Å². The SMILES string of the molecule is COCCn1cc(CC(=O)N[C@@H](c2ccccc2)c2nc3ccccc3[nH]2)c2ccccc21. The summed E-state index contributed by atoms with van der Waals surface area (Å²) in [6, 6.07) is 25.6. The van der Waals surface area contributed by atoms with E-state index < -0.39 is 0 Å². The summed E-state index contributed by atoms with van der Waals surface area (Å²) in [5, 5.41) is 4.30. The first kappa shape index (κ1) is 21.0. The number of benzene rings is 3. The number of ether oxygens (including phenoxy) is 1. The Balaban J connectivity index is 1.44. The maximum atomic E-state index is 13.3. The van der Waals surface area contributed by atoms with Crippen LogP contribution < -0.4 is 5.32 Å². The van der Waals surface area contributed by atoms with E-state index in [-0.39, 0.29) is 18.4 Å². The van der Waals surface area contributed by atoms with Gasteiger partial charge in [0.25, 0.3) is 0 Å². The molecular weight excluding hydrogens is 412 g/mol. The Bertz CT molecular complexity index is 1350. The predicted octanol–water partition coefficient (Wildman–Crippen LogP) is 4.61. The Morgan fingerprint density at radius 3 is 2.61 bits per heavy atom. The van der Waals surface area contributed by atoms with E-state index in [1.807, 2.05) is 66.7 Å². The van der Waals surface area contributed by atoms with Crippen LogP contribution >= 0.6 is 0 Å². The Morgan fingerprint density at radius 1 is 1.03 bits per heavy atom. The molecular formula is C27H26N4O2. The quantitative estimate of drug-likeness (QED) is 0.372. The monoisotopic (exact) mass is 438 g/mol. The molecule has 166 valence electrons. The van der Waals surface area contributed by atoms with Crippen LogP contribution in [-0.2, 0) is 22.5 Å². The average Bonchev–Trinajstić information content (AvgIpc) is 3.43. The topological polar surface area (TPSA) is 71.9 Å². The summed E-state index contributed by atoms with van der Waals surface area (Å²) in [6.07, 6.45) is 2.34. The van der Waals surface area contributed by atoms with Crippen molar-refractivity contribution in [2.45, 2.75) is 19.0 Å². The summed E-state index contributed by atoms with van der Waals surface area (Å²) in [7, 11) is 1.70. The van der Waals surface area contributed by atoms with Gasteiger partial charge in [0.1, 0.15) is 11.9 Å². The van der Waals surface area contributed by atoms with Gasteiger partial charge in [-0.2, -0.15) is 0 Å². The standard InChI is InChI=1S/C27H26N4O2/c1-33-16-15-31-18-20(21-11-5-8-14-24(21)31)17-25(32)30-26(19-9-3-2-4-10-19)27-28-22-12-6-7-13-23(22)29-27/h2-14,18,26H,15-17H2,1H3,(H,28,29)(H,30,32)/t26-/m0/s1. The second-order valence-corrected chi connectivity index (χ2v) is 8.08. The second kappa shape index (κ2) is 9.30. The van der Waals surface area contributed by atoms with Gasteiger partial charge in [-0.15, -0.1) is 0 Å². The number of aromatic nitrogens is 3. The molecule has 1 amide bonds. The molecule has 6 heteroatoms. The van der Waals surface area contributed by atoms with Crippen molar-refractivity contribution in [3.63, 3.8) is 0 Å². The molecule has 0 radical (unpaired) electrons. The van der Waals surface area contributed by atoms with E-state index in [4.69, 9.17) is 9.72 Å². The van der Waals surface area contributed by atoms with Gasteiger partial charge in [0.2, 0.25) is 5.91 Å². The molecule has 0 aliphatic rings. The number of H-pyrrole nitrogens is 1.